The third-order valence-corrected chi connectivity index (χ3v) is 3.40. The molecule has 0 amide bonds. The van der Waals surface area contributed by atoms with Gasteiger partial charge >= 0.3 is 0 Å². The molecule has 1 aromatic heterocycles. The number of benzene rings is 2. The van der Waals surface area contributed by atoms with E-state index < -0.39 is 0 Å². The average molecular weight is 304 g/mol. The zero-order chi connectivity index (χ0) is 16.7. The fourth-order valence-corrected chi connectivity index (χ4v) is 2.30. The number of hydrogen-bond acceptors (Lipinski definition) is 3. The molecule has 4 nitrogen and oxygen atoms in total. The van der Waals surface area contributed by atoms with Crippen molar-refractivity contribution < 1.29 is 0 Å². The van der Waals surface area contributed by atoms with E-state index in [0.717, 1.165) is 12.0 Å². The summed E-state index contributed by atoms with van der Waals surface area (Å²) in [6, 6.07) is 20.5. The van der Waals surface area contributed by atoms with Gasteiger partial charge in [0.2, 0.25) is 0 Å². The summed E-state index contributed by atoms with van der Waals surface area (Å²) in [6.07, 6.45) is 0.886. The van der Waals surface area contributed by atoms with Crippen molar-refractivity contribution in [2.24, 2.45) is 0 Å². The largest absolute Gasteiger partial charge is 0.381 e. The minimum absolute atomic E-state index is 0.237. The molecule has 23 heavy (non-hydrogen) atoms. The number of anilines is 1. The first-order valence-corrected chi connectivity index (χ1v) is 7.65. The average Bonchev–Trinajstić information content (AvgIpc) is 2.99. The standard InChI is InChI=1S/C17H14N4.C2H6/c18-11-15-16(20-21-17(15)19)14-8-6-13(7-9-14)10-12-4-2-1-3-5-12;1-2/h1-9H,10H2,(H3,19,20,21);1-2H3. The van der Waals surface area contributed by atoms with Gasteiger partial charge in [-0.2, -0.15) is 10.4 Å². The molecule has 3 N–H and O–H groups in total. The molecule has 0 aliphatic carbocycles. The van der Waals surface area contributed by atoms with E-state index in [1.807, 2.05) is 44.2 Å². The van der Waals surface area contributed by atoms with Gasteiger partial charge in [0, 0.05) is 5.56 Å². The summed E-state index contributed by atoms with van der Waals surface area (Å²) < 4.78 is 0. The maximum absolute atomic E-state index is 9.11. The molecule has 0 saturated carbocycles. The third kappa shape index (κ3) is 3.78. The molecule has 0 unspecified atom stereocenters. The molecule has 2 aromatic carbocycles. The zero-order valence-corrected chi connectivity index (χ0v) is 13.4. The minimum atomic E-state index is 0.237. The topological polar surface area (TPSA) is 78.5 Å². The molecule has 4 heteroatoms. The Bertz CT molecular complexity index is 780. The maximum Gasteiger partial charge on any atom is 0.163 e. The SMILES string of the molecule is CC.N#Cc1c(N)n[nH]c1-c1ccc(Cc2ccccc2)cc1. The highest BCUT2D eigenvalue weighted by atomic mass is 15.2. The van der Waals surface area contributed by atoms with Crippen molar-refractivity contribution in [3.63, 3.8) is 0 Å². The van der Waals surface area contributed by atoms with Gasteiger partial charge in [-0.15, -0.1) is 0 Å². The number of rotatable bonds is 3. The second-order valence-corrected chi connectivity index (χ2v) is 4.83. The van der Waals surface area contributed by atoms with E-state index >= 15 is 0 Å². The molecule has 3 rings (SSSR count). The number of nitrogens with two attached hydrogens (primary N) is 1. The van der Waals surface area contributed by atoms with E-state index in [2.05, 4.69) is 40.5 Å². The molecule has 0 saturated heterocycles. The van der Waals surface area contributed by atoms with E-state index in [4.69, 9.17) is 11.0 Å². The molecule has 0 aliphatic rings. The number of nitrogen functional groups attached to an aromatic ring is 1. The zero-order valence-electron chi connectivity index (χ0n) is 13.4. The second kappa shape index (κ2) is 7.81. The van der Waals surface area contributed by atoms with Crippen LogP contribution in [0.5, 0.6) is 0 Å². The van der Waals surface area contributed by atoms with Gasteiger partial charge in [0.05, 0.1) is 5.69 Å². The lowest BCUT2D eigenvalue weighted by atomic mass is 10.0. The first-order chi connectivity index (χ1) is 11.3. The van der Waals surface area contributed by atoms with Crippen LogP contribution in [0, 0.1) is 11.3 Å². The van der Waals surface area contributed by atoms with Gasteiger partial charge in [0.15, 0.2) is 5.82 Å². The summed E-state index contributed by atoms with van der Waals surface area (Å²) in [5.74, 6) is 0.237. The summed E-state index contributed by atoms with van der Waals surface area (Å²) in [5, 5.41) is 15.8. The normalized spacial score (nSPS) is 9.61. The molecule has 116 valence electrons. The maximum atomic E-state index is 9.11. The van der Waals surface area contributed by atoms with E-state index in [1.165, 1.54) is 11.1 Å². The molecule has 1 heterocycles. The van der Waals surface area contributed by atoms with Crippen LogP contribution in [0.4, 0.5) is 5.82 Å². The summed E-state index contributed by atoms with van der Waals surface area (Å²) >= 11 is 0. The van der Waals surface area contributed by atoms with E-state index in [9.17, 15) is 0 Å². The van der Waals surface area contributed by atoms with Crippen molar-refractivity contribution in [1.29, 1.82) is 5.26 Å². The number of nitrogens with one attached hydrogen (secondary N) is 1. The van der Waals surface area contributed by atoms with Gasteiger partial charge in [0.1, 0.15) is 11.6 Å². The Morgan fingerprint density at radius 2 is 1.61 bits per heavy atom. The quantitative estimate of drug-likeness (QED) is 0.763. The van der Waals surface area contributed by atoms with Crippen LogP contribution in [0.15, 0.2) is 54.6 Å². The van der Waals surface area contributed by atoms with Crippen LogP contribution in [0.1, 0.15) is 30.5 Å². The Morgan fingerprint density at radius 3 is 2.22 bits per heavy atom. The second-order valence-electron chi connectivity index (χ2n) is 4.83. The van der Waals surface area contributed by atoms with Gasteiger partial charge in [-0.1, -0.05) is 68.4 Å². The van der Waals surface area contributed by atoms with Crippen LogP contribution >= 0.6 is 0 Å². The molecular formula is C19H20N4. The van der Waals surface area contributed by atoms with Crippen LogP contribution in [0.2, 0.25) is 0 Å². The Kier molecular flexibility index (Phi) is 5.54. The Morgan fingerprint density at radius 1 is 1.00 bits per heavy atom. The molecule has 0 atom stereocenters. The number of nitriles is 1. The molecule has 0 aliphatic heterocycles. The Hall–Kier alpha value is -3.06. The Balaban J connectivity index is 0.000000924. The first kappa shape index (κ1) is 16.3. The number of H-pyrrole nitrogens is 1. The van der Waals surface area contributed by atoms with Crippen molar-refractivity contribution in [2.45, 2.75) is 20.3 Å². The first-order valence-electron chi connectivity index (χ1n) is 7.65. The lowest BCUT2D eigenvalue weighted by Crippen LogP contribution is -1.89. The summed E-state index contributed by atoms with van der Waals surface area (Å²) in [5.41, 5.74) is 10.1. The summed E-state index contributed by atoms with van der Waals surface area (Å²) in [4.78, 5) is 0. The van der Waals surface area contributed by atoms with Gasteiger partial charge in [-0.25, -0.2) is 0 Å². The van der Waals surface area contributed by atoms with Crippen LogP contribution in [0.3, 0.4) is 0 Å². The lowest BCUT2D eigenvalue weighted by Gasteiger charge is -2.04. The van der Waals surface area contributed by atoms with Crippen LogP contribution in [-0.2, 0) is 6.42 Å². The van der Waals surface area contributed by atoms with Crippen LogP contribution in [-0.4, -0.2) is 10.2 Å². The number of nitrogens with zero attached hydrogens (tertiary/aromatic N) is 2. The van der Waals surface area contributed by atoms with Gasteiger partial charge < -0.3 is 5.73 Å². The number of aromatic amines is 1. The van der Waals surface area contributed by atoms with Crippen molar-refractivity contribution >= 4 is 5.82 Å². The smallest absolute Gasteiger partial charge is 0.163 e. The van der Waals surface area contributed by atoms with Gasteiger partial charge in [0.25, 0.3) is 0 Å². The molecular weight excluding hydrogens is 284 g/mol. The summed E-state index contributed by atoms with van der Waals surface area (Å²) in [6.45, 7) is 4.00. The van der Waals surface area contributed by atoms with Crippen molar-refractivity contribution in [3.05, 3.63) is 71.3 Å². The van der Waals surface area contributed by atoms with Crippen molar-refractivity contribution in [3.8, 4) is 17.3 Å². The fraction of sp³-hybridized carbons (Fsp3) is 0.158. The highest BCUT2D eigenvalue weighted by molar-refractivity contribution is 5.72. The molecule has 0 radical (unpaired) electrons. The minimum Gasteiger partial charge on any atom is -0.381 e. The molecule has 0 fully saturated rings. The number of aromatic nitrogens is 2. The fourth-order valence-electron chi connectivity index (χ4n) is 2.30. The highest BCUT2D eigenvalue weighted by Crippen LogP contribution is 2.25. The van der Waals surface area contributed by atoms with Crippen molar-refractivity contribution in [1.82, 2.24) is 10.2 Å². The molecule has 0 bridgehead atoms. The predicted octanol–water partition coefficient (Wildman–Crippen LogP) is 4.15. The van der Waals surface area contributed by atoms with E-state index in [-0.39, 0.29) is 5.82 Å². The van der Waals surface area contributed by atoms with Gasteiger partial charge in [-0.05, 0) is 17.5 Å². The van der Waals surface area contributed by atoms with E-state index in [1.54, 1.807) is 0 Å². The predicted molar refractivity (Wildman–Crippen MR) is 93.7 cm³/mol. The highest BCUT2D eigenvalue weighted by Gasteiger charge is 2.11. The third-order valence-electron chi connectivity index (χ3n) is 3.40. The molecule has 0 spiro atoms. The number of hydrogen-bond donors (Lipinski definition) is 2. The lowest BCUT2D eigenvalue weighted by molar-refractivity contribution is 1.10. The molecule has 3 aromatic rings. The monoisotopic (exact) mass is 304 g/mol. The van der Waals surface area contributed by atoms with Gasteiger partial charge in [-0.3, -0.25) is 5.10 Å². The van der Waals surface area contributed by atoms with Crippen LogP contribution in [0.25, 0.3) is 11.3 Å². The van der Waals surface area contributed by atoms with Crippen LogP contribution < -0.4 is 5.73 Å². The summed E-state index contributed by atoms with van der Waals surface area (Å²) in [7, 11) is 0. The van der Waals surface area contributed by atoms with E-state index in [0.29, 0.717) is 11.3 Å². The Labute approximate surface area is 136 Å². The van der Waals surface area contributed by atoms with Crippen molar-refractivity contribution in [2.75, 3.05) is 5.73 Å².